The van der Waals surface area contributed by atoms with E-state index in [4.69, 9.17) is 5.11 Å². The molecule has 30 heavy (non-hydrogen) atoms. The molecule has 1 N–H and O–H groups in total. The van der Waals surface area contributed by atoms with Gasteiger partial charge in [0.15, 0.2) is 0 Å². The number of aromatic nitrogens is 2. The minimum Gasteiger partial charge on any atom is -0.481 e. The van der Waals surface area contributed by atoms with Gasteiger partial charge >= 0.3 is 5.97 Å². The van der Waals surface area contributed by atoms with E-state index in [9.17, 15) is 4.79 Å². The van der Waals surface area contributed by atoms with Gasteiger partial charge < -0.3 is 9.67 Å². The van der Waals surface area contributed by atoms with Crippen LogP contribution in [0.1, 0.15) is 73.4 Å². The average Bonchev–Trinajstić information content (AvgIpc) is 3.27. The Morgan fingerprint density at radius 2 is 1.87 bits per heavy atom. The van der Waals surface area contributed by atoms with E-state index in [1.807, 2.05) is 43.0 Å². The molecule has 0 spiro atoms. The minimum atomic E-state index is -0.820. The first-order chi connectivity index (χ1) is 14.3. The van der Waals surface area contributed by atoms with Gasteiger partial charge in [-0.2, -0.15) is 0 Å². The zero-order chi connectivity index (χ0) is 21.3. The highest BCUT2D eigenvalue weighted by atomic mass is 16.4. The van der Waals surface area contributed by atoms with Crippen molar-refractivity contribution in [1.82, 2.24) is 9.55 Å². The van der Waals surface area contributed by atoms with Gasteiger partial charge in [-0.05, 0) is 66.1 Å². The fourth-order valence-corrected chi connectivity index (χ4v) is 4.20. The minimum absolute atomic E-state index is 0.110. The number of carbonyl (C=O) groups is 1. The SMILES string of the molecule is CC(C(=O)O)c1ccc(C#Cc2ccc3c(c2)C(C)(C)CCC3n2ccnc2)cc1. The summed E-state index contributed by atoms with van der Waals surface area (Å²) >= 11 is 0. The number of carboxylic acid groups (broad SMARTS) is 1. The topological polar surface area (TPSA) is 55.1 Å². The van der Waals surface area contributed by atoms with Crippen LogP contribution in [0, 0.1) is 11.8 Å². The van der Waals surface area contributed by atoms with Gasteiger partial charge in [-0.15, -0.1) is 0 Å². The van der Waals surface area contributed by atoms with Crippen LogP contribution in [0.3, 0.4) is 0 Å². The van der Waals surface area contributed by atoms with E-state index in [2.05, 4.69) is 53.4 Å². The average molecular weight is 399 g/mol. The van der Waals surface area contributed by atoms with Gasteiger partial charge in [-0.3, -0.25) is 4.79 Å². The molecule has 0 fully saturated rings. The molecule has 2 aromatic carbocycles. The maximum absolute atomic E-state index is 11.1. The number of imidazole rings is 1. The zero-order valence-corrected chi connectivity index (χ0v) is 17.6. The Hall–Kier alpha value is -3.32. The largest absolute Gasteiger partial charge is 0.481 e. The summed E-state index contributed by atoms with van der Waals surface area (Å²) in [5.41, 5.74) is 5.47. The Bertz CT molecular complexity index is 1120. The van der Waals surface area contributed by atoms with E-state index in [-0.39, 0.29) is 5.41 Å². The number of fused-ring (bicyclic) bond motifs is 1. The van der Waals surface area contributed by atoms with Gasteiger partial charge in [-0.25, -0.2) is 4.98 Å². The second-order valence-electron chi connectivity index (χ2n) is 8.68. The van der Waals surface area contributed by atoms with Crippen molar-refractivity contribution in [2.75, 3.05) is 0 Å². The van der Waals surface area contributed by atoms with Gasteiger partial charge in [-0.1, -0.05) is 43.9 Å². The van der Waals surface area contributed by atoms with Crippen molar-refractivity contribution in [2.45, 2.75) is 51.0 Å². The maximum atomic E-state index is 11.1. The Balaban J connectivity index is 1.62. The molecule has 4 nitrogen and oxygen atoms in total. The molecule has 1 aliphatic rings. The third-order valence-corrected chi connectivity index (χ3v) is 6.20. The smallest absolute Gasteiger partial charge is 0.310 e. The van der Waals surface area contributed by atoms with Crippen LogP contribution >= 0.6 is 0 Å². The number of benzene rings is 2. The highest BCUT2D eigenvalue weighted by molar-refractivity contribution is 5.75. The normalized spacial score (nSPS) is 18.0. The third kappa shape index (κ3) is 3.89. The maximum Gasteiger partial charge on any atom is 0.310 e. The van der Waals surface area contributed by atoms with E-state index in [1.165, 1.54) is 11.1 Å². The zero-order valence-electron chi connectivity index (χ0n) is 17.6. The molecule has 3 aromatic rings. The quantitative estimate of drug-likeness (QED) is 0.622. The lowest BCUT2D eigenvalue weighted by molar-refractivity contribution is -0.138. The van der Waals surface area contributed by atoms with E-state index >= 15 is 0 Å². The second kappa shape index (κ2) is 7.84. The van der Waals surface area contributed by atoms with Gasteiger partial charge in [0, 0.05) is 23.5 Å². The first kappa shape index (κ1) is 20.0. The molecule has 0 radical (unpaired) electrons. The molecule has 4 rings (SSSR count). The van der Waals surface area contributed by atoms with E-state index in [0.717, 1.165) is 29.5 Å². The van der Waals surface area contributed by atoms with Crippen molar-refractivity contribution in [3.8, 4) is 11.8 Å². The van der Waals surface area contributed by atoms with Crippen LogP contribution in [0.25, 0.3) is 0 Å². The third-order valence-electron chi connectivity index (χ3n) is 6.20. The summed E-state index contributed by atoms with van der Waals surface area (Å²) < 4.78 is 2.19. The number of hydrogen-bond acceptors (Lipinski definition) is 2. The van der Waals surface area contributed by atoms with E-state index in [1.54, 1.807) is 6.92 Å². The summed E-state index contributed by atoms with van der Waals surface area (Å²) in [4.78, 5) is 15.4. The summed E-state index contributed by atoms with van der Waals surface area (Å²) in [6, 6.07) is 14.3. The number of rotatable bonds is 3. The Morgan fingerprint density at radius 3 is 2.53 bits per heavy atom. The Morgan fingerprint density at radius 1 is 1.17 bits per heavy atom. The molecule has 1 aliphatic carbocycles. The summed E-state index contributed by atoms with van der Waals surface area (Å²) in [5.74, 6) is 5.17. The van der Waals surface area contributed by atoms with Crippen molar-refractivity contribution in [1.29, 1.82) is 0 Å². The molecule has 1 heterocycles. The first-order valence-corrected chi connectivity index (χ1v) is 10.3. The molecule has 0 bridgehead atoms. The summed E-state index contributed by atoms with van der Waals surface area (Å²) in [7, 11) is 0. The Labute approximate surface area is 177 Å². The summed E-state index contributed by atoms with van der Waals surface area (Å²) in [6.45, 7) is 6.29. The van der Waals surface area contributed by atoms with Crippen LogP contribution in [-0.4, -0.2) is 20.6 Å². The number of aliphatic carboxylic acids is 1. The van der Waals surface area contributed by atoms with Crippen molar-refractivity contribution in [3.63, 3.8) is 0 Å². The van der Waals surface area contributed by atoms with Gasteiger partial charge in [0.1, 0.15) is 0 Å². The molecule has 1 aromatic heterocycles. The number of hydrogen-bond donors (Lipinski definition) is 1. The molecular formula is C26H26N2O2. The molecule has 0 aliphatic heterocycles. The van der Waals surface area contributed by atoms with Crippen LogP contribution in [0.2, 0.25) is 0 Å². The highest BCUT2D eigenvalue weighted by Crippen LogP contribution is 2.43. The van der Waals surface area contributed by atoms with Crippen LogP contribution in [0.5, 0.6) is 0 Å². The van der Waals surface area contributed by atoms with Gasteiger partial charge in [0.05, 0.1) is 18.3 Å². The lowest BCUT2D eigenvalue weighted by Crippen LogP contribution is -2.28. The molecule has 152 valence electrons. The predicted molar refractivity (Wildman–Crippen MR) is 118 cm³/mol. The molecule has 0 amide bonds. The fourth-order valence-electron chi connectivity index (χ4n) is 4.20. The first-order valence-electron chi connectivity index (χ1n) is 10.3. The monoisotopic (exact) mass is 398 g/mol. The molecule has 4 heteroatoms. The summed E-state index contributed by atoms with van der Waals surface area (Å²) in [5, 5.41) is 9.14. The van der Waals surface area contributed by atoms with Crippen LogP contribution in [0.15, 0.2) is 61.2 Å². The lowest BCUT2D eigenvalue weighted by Gasteiger charge is -2.37. The van der Waals surface area contributed by atoms with Crippen molar-refractivity contribution >= 4 is 5.97 Å². The molecule has 2 unspecified atom stereocenters. The van der Waals surface area contributed by atoms with Gasteiger partial charge in [0.25, 0.3) is 0 Å². The molecule has 2 atom stereocenters. The fraction of sp³-hybridized carbons (Fsp3) is 0.308. The molecule has 0 saturated carbocycles. The van der Waals surface area contributed by atoms with Crippen molar-refractivity contribution < 1.29 is 9.90 Å². The van der Waals surface area contributed by atoms with E-state index in [0.29, 0.717) is 6.04 Å². The molecular weight excluding hydrogens is 372 g/mol. The highest BCUT2D eigenvalue weighted by Gasteiger charge is 2.33. The predicted octanol–water partition coefficient (Wildman–Crippen LogP) is 5.13. The second-order valence-corrected chi connectivity index (χ2v) is 8.68. The van der Waals surface area contributed by atoms with Crippen molar-refractivity contribution in [3.05, 3.63) is 89.0 Å². The van der Waals surface area contributed by atoms with Gasteiger partial charge in [0.2, 0.25) is 0 Å². The Kier molecular flexibility index (Phi) is 5.22. The van der Waals surface area contributed by atoms with Crippen LogP contribution in [0.4, 0.5) is 0 Å². The van der Waals surface area contributed by atoms with E-state index < -0.39 is 11.9 Å². The van der Waals surface area contributed by atoms with Crippen LogP contribution < -0.4 is 0 Å². The van der Waals surface area contributed by atoms with Crippen LogP contribution in [-0.2, 0) is 10.2 Å². The number of nitrogens with zero attached hydrogens (tertiary/aromatic N) is 2. The standard InChI is InChI=1S/C26H26N2O2/c1-18(25(29)30)21-9-6-19(7-10-21)4-5-20-8-11-22-23(16-20)26(2,3)13-12-24(22)28-15-14-27-17-28/h6-11,14-18,24H,12-13H2,1-3H3,(H,29,30). The summed E-state index contributed by atoms with van der Waals surface area (Å²) in [6.07, 6.45) is 7.98. The van der Waals surface area contributed by atoms with Crippen molar-refractivity contribution in [2.24, 2.45) is 0 Å². The number of carboxylic acids is 1. The molecule has 0 saturated heterocycles. The lowest BCUT2D eigenvalue weighted by atomic mass is 9.70.